The van der Waals surface area contributed by atoms with E-state index >= 15 is 0 Å². The molecule has 0 radical (unpaired) electrons. The van der Waals surface area contributed by atoms with Gasteiger partial charge in [0, 0.05) is 24.0 Å². The van der Waals surface area contributed by atoms with Gasteiger partial charge in [-0.05, 0) is 42.5 Å². The van der Waals surface area contributed by atoms with E-state index < -0.39 is 21.8 Å². The van der Waals surface area contributed by atoms with Crippen LogP contribution in [0.5, 0.6) is 5.75 Å². The van der Waals surface area contributed by atoms with E-state index in [1.807, 2.05) is 0 Å². The van der Waals surface area contributed by atoms with Gasteiger partial charge in [0.1, 0.15) is 0 Å². The van der Waals surface area contributed by atoms with Gasteiger partial charge in [0.05, 0.1) is 28.8 Å². The van der Waals surface area contributed by atoms with Gasteiger partial charge in [-0.25, -0.2) is 22.6 Å². The Morgan fingerprint density at radius 1 is 1.13 bits per heavy atom. The minimum Gasteiger partial charge on any atom is -0.494 e. The second-order valence-corrected chi connectivity index (χ2v) is 8.42. The van der Waals surface area contributed by atoms with Crippen molar-refractivity contribution in [1.29, 1.82) is 0 Å². The number of aromatic carboxylic acids is 1. The topological polar surface area (TPSA) is 96.8 Å². The van der Waals surface area contributed by atoms with Crippen LogP contribution in [0.15, 0.2) is 47.4 Å². The van der Waals surface area contributed by atoms with Gasteiger partial charge >= 0.3 is 5.97 Å². The van der Waals surface area contributed by atoms with Crippen molar-refractivity contribution < 1.29 is 27.4 Å². The summed E-state index contributed by atoms with van der Waals surface area (Å²) in [6.45, 7) is 4.05. The molecule has 1 N–H and O–H groups in total. The van der Waals surface area contributed by atoms with E-state index in [1.165, 1.54) is 47.8 Å². The van der Waals surface area contributed by atoms with E-state index in [0.717, 1.165) is 0 Å². The zero-order valence-corrected chi connectivity index (χ0v) is 17.5. The van der Waals surface area contributed by atoms with Gasteiger partial charge in [-0.3, -0.25) is 0 Å². The number of halogens is 1. The summed E-state index contributed by atoms with van der Waals surface area (Å²) in [7, 11) is -2.42. The fourth-order valence-electron chi connectivity index (χ4n) is 3.23. The molecule has 1 heterocycles. The predicted octanol–water partition coefficient (Wildman–Crippen LogP) is 3.78. The molecule has 0 aliphatic heterocycles. The van der Waals surface area contributed by atoms with Gasteiger partial charge in [-0.15, -0.1) is 0 Å². The number of hydrogen-bond acceptors (Lipinski definition) is 5. The minimum absolute atomic E-state index is 0.00811. The fourth-order valence-corrected chi connectivity index (χ4v) is 4.71. The molecule has 0 amide bonds. The first-order chi connectivity index (χ1) is 14.2. The summed E-state index contributed by atoms with van der Waals surface area (Å²) >= 11 is 0. The molecular weight excluding hydrogens is 411 g/mol. The van der Waals surface area contributed by atoms with Gasteiger partial charge in [-0.2, -0.15) is 4.31 Å². The molecule has 0 bridgehead atoms. The first-order valence-corrected chi connectivity index (χ1v) is 10.7. The molecule has 30 heavy (non-hydrogen) atoms. The third-order valence-corrected chi connectivity index (χ3v) is 6.85. The molecule has 0 atom stereocenters. The number of ether oxygens (including phenoxy) is 1. The Bertz CT molecular complexity index is 1220. The molecule has 0 fully saturated rings. The molecule has 0 saturated heterocycles. The van der Waals surface area contributed by atoms with E-state index in [-0.39, 0.29) is 27.3 Å². The van der Waals surface area contributed by atoms with Crippen molar-refractivity contribution in [3.63, 3.8) is 0 Å². The fraction of sp³-hybridized carbons (Fsp3) is 0.238. The van der Waals surface area contributed by atoms with Crippen LogP contribution in [0.1, 0.15) is 24.2 Å². The SMILES string of the molecule is CCN(CC)S(=O)(=O)c1ccc2nc(-c3ccc(OC)c(F)c3)cc(C(=O)O)c2c1. The molecule has 0 spiro atoms. The summed E-state index contributed by atoms with van der Waals surface area (Å²) in [5.74, 6) is -1.78. The molecule has 158 valence electrons. The molecule has 0 unspecified atom stereocenters. The van der Waals surface area contributed by atoms with Crippen LogP contribution in [0.25, 0.3) is 22.2 Å². The Kier molecular flexibility index (Phi) is 6.04. The molecule has 0 aliphatic rings. The van der Waals surface area contributed by atoms with Crippen molar-refractivity contribution in [3.8, 4) is 17.0 Å². The quantitative estimate of drug-likeness (QED) is 0.610. The summed E-state index contributed by atoms with van der Waals surface area (Å²) in [5, 5.41) is 9.89. The van der Waals surface area contributed by atoms with Crippen LogP contribution in [0.3, 0.4) is 0 Å². The second-order valence-electron chi connectivity index (χ2n) is 6.48. The highest BCUT2D eigenvalue weighted by Gasteiger charge is 2.23. The zero-order chi connectivity index (χ0) is 22.1. The summed E-state index contributed by atoms with van der Waals surface area (Å²) in [5.41, 5.74) is 0.792. The van der Waals surface area contributed by atoms with E-state index in [4.69, 9.17) is 4.74 Å². The third-order valence-electron chi connectivity index (χ3n) is 4.80. The highest BCUT2D eigenvalue weighted by Crippen LogP contribution is 2.30. The van der Waals surface area contributed by atoms with Gasteiger partial charge in [-0.1, -0.05) is 13.8 Å². The lowest BCUT2D eigenvalue weighted by molar-refractivity contribution is 0.0699. The van der Waals surface area contributed by atoms with Crippen molar-refractivity contribution in [3.05, 3.63) is 53.8 Å². The summed E-state index contributed by atoms with van der Waals surface area (Å²) in [4.78, 5) is 16.3. The maximum Gasteiger partial charge on any atom is 0.336 e. The molecular formula is C21H21FN2O5S. The van der Waals surface area contributed by atoms with Gasteiger partial charge < -0.3 is 9.84 Å². The molecule has 0 saturated carbocycles. The molecule has 9 heteroatoms. The molecule has 1 aromatic heterocycles. The van der Waals surface area contributed by atoms with Crippen LogP contribution < -0.4 is 4.74 Å². The average Bonchev–Trinajstić information content (AvgIpc) is 2.73. The van der Waals surface area contributed by atoms with Crippen molar-refractivity contribution in [2.45, 2.75) is 18.7 Å². The van der Waals surface area contributed by atoms with Crippen molar-refractivity contribution in [2.24, 2.45) is 0 Å². The third kappa shape index (κ3) is 3.86. The lowest BCUT2D eigenvalue weighted by Gasteiger charge is -2.19. The van der Waals surface area contributed by atoms with E-state index in [1.54, 1.807) is 19.9 Å². The number of fused-ring (bicyclic) bond motifs is 1. The predicted molar refractivity (Wildman–Crippen MR) is 111 cm³/mol. The van der Waals surface area contributed by atoms with E-state index in [9.17, 15) is 22.7 Å². The summed E-state index contributed by atoms with van der Waals surface area (Å²) in [6, 6.07) is 9.68. The molecule has 7 nitrogen and oxygen atoms in total. The van der Waals surface area contributed by atoms with Gasteiger partial charge in [0.15, 0.2) is 11.6 Å². The monoisotopic (exact) mass is 432 g/mol. The molecule has 0 aliphatic carbocycles. The number of hydrogen-bond donors (Lipinski definition) is 1. The van der Waals surface area contributed by atoms with Crippen molar-refractivity contribution in [2.75, 3.05) is 20.2 Å². The maximum absolute atomic E-state index is 14.1. The summed E-state index contributed by atoms with van der Waals surface area (Å²) in [6.07, 6.45) is 0. The Hall–Kier alpha value is -3.04. The lowest BCUT2D eigenvalue weighted by atomic mass is 10.0. The normalized spacial score (nSPS) is 11.8. The number of rotatable bonds is 7. The number of carboxylic acids is 1. The Labute approximate surface area is 173 Å². The largest absolute Gasteiger partial charge is 0.494 e. The second kappa shape index (κ2) is 8.37. The molecule has 3 rings (SSSR count). The number of carbonyl (C=O) groups is 1. The first-order valence-electron chi connectivity index (χ1n) is 9.25. The van der Waals surface area contributed by atoms with Gasteiger partial charge in [0.2, 0.25) is 10.0 Å². The van der Waals surface area contributed by atoms with E-state index in [0.29, 0.717) is 24.2 Å². The standard InChI is InChI=1S/C21H21FN2O5S/c1-4-24(5-2)30(27,28)14-7-8-18-15(11-14)16(21(25)26)12-19(23-18)13-6-9-20(29-3)17(22)10-13/h6-12H,4-5H2,1-3H3,(H,25,26). The minimum atomic E-state index is -3.76. The Morgan fingerprint density at radius 2 is 1.83 bits per heavy atom. The van der Waals surface area contributed by atoms with Crippen LogP contribution in [-0.2, 0) is 10.0 Å². The highest BCUT2D eigenvalue weighted by molar-refractivity contribution is 7.89. The van der Waals surface area contributed by atoms with Gasteiger partial charge in [0.25, 0.3) is 0 Å². The molecule has 3 aromatic rings. The number of sulfonamides is 1. The number of nitrogens with zero attached hydrogens (tertiary/aromatic N) is 2. The number of carboxylic acid groups (broad SMARTS) is 1. The number of benzene rings is 2. The Morgan fingerprint density at radius 3 is 2.40 bits per heavy atom. The highest BCUT2D eigenvalue weighted by atomic mass is 32.2. The lowest BCUT2D eigenvalue weighted by Crippen LogP contribution is -2.30. The van der Waals surface area contributed by atoms with Crippen molar-refractivity contribution in [1.82, 2.24) is 9.29 Å². The summed E-state index contributed by atoms with van der Waals surface area (Å²) < 4.78 is 45.9. The average molecular weight is 432 g/mol. The number of aromatic nitrogens is 1. The molecule has 2 aromatic carbocycles. The van der Waals surface area contributed by atoms with Crippen LogP contribution >= 0.6 is 0 Å². The van der Waals surface area contributed by atoms with Crippen molar-refractivity contribution >= 4 is 26.9 Å². The Balaban J connectivity index is 2.21. The van der Waals surface area contributed by atoms with E-state index in [2.05, 4.69) is 4.98 Å². The van der Waals surface area contributed by atoms with Crippen LogP contribution in [-0.4, -0.2) is 49.0 Å². The van der Waals surface area contributed by atoms with Crippen LogP contribution in [0, 0.1) is 5.82 Å². The van der Waals surface area contributed by atoms with Crippen LogP contribution in [0.4, 0.5) is 4.39 Å². The smallest absolute Gasteiger partial charge is 0.336 e. The maximum atomic E-state index is 14.1. The zero-order valence-electron chi connectivity index (χ0n) is 16.7. The van der Waals surface area contributed by atoms with Crippen LogP contribution in [0.2, 0.25) is 0 Å². The number of methoxy groups -OCH3 is 1. The number of pyridine rings is 1. The first kappa shape index (κ1) is 21.7.